The van der Waals surface area contributed by atoms with Gasteiger partial charge in [-0.2, -0.15) is 0 Å². The molecule has 0 saturated heterocycles. The minimum Gasteiger partial charge on any atom is -0.477 e. The van der Waals surface area contributed by atoms with Crippen molar-refractivity contribution in [2.75, 3.05) is 0 Å². The molecule has 0 aromatic heterocycles. The van der Waals surface area contributed by atoms with E-state index >= 15 is 0 Å². The number of hydrogen-bond donors (Lipinski definition) is 1. The highest BCUT2D eigenvalue weighted by molar-refractivity contribution is 9.10. The molecule has 1 aromatic carbocycles. The van der Waals surface area contributed by atoms with Crippen LogP contribution in [0.1, 0.15) is 13.3 Å². The summed E-state index contributed by atoms with van der Waals surface area (Å²) in [6.07, 6.45) is 0.0738. The van der Waals surface area contributed by atoms with E-state index in [1.807, 2.05) is 0 Å². The second kappa shape index (κ2) is 5.12. The van der Waals surface area contributed by atoms with Gasteiger partial charge in [0.2, 0.25) is 0 Å². The van der Waals surface area contributed by atoms with Crippen molar-refractivity contribution < 1.29 is 19.4 Å². The third-order valence-electron chi connectivity index (χ3n) is 1.96. The molecule has 0 radical (unpaired) electrons. The third-order valence-corrected chi connectivity index (χ3v) is 2.90. The Morgan fingerprint density at radius 3 is 2.38 bits per heavy atom. The van der Waals surface area contributed by atoms with Crippen molar-refractivity contribution in [3.63, 3.8) is 0 Å². The van der Waals surface area contributed by atoms with E-state index < -0.39 is 16.3 Å². The van der Waals surface area contributed by atoms with Crippen molar-refractivity contribution in [3.8, 4) is 5.75 Å². The van der Waals surface area contributed by atoms with Crippen LogP contribution in [0.2, 0.25) is 0 Å². The molecule has 0 aliphatic heterocycles. The maximum atomic E-state index is 11.5. The first-order chi connectivity index (χ1) is 7.50. The molecule has 0 fully saturated rings. The molecular formula is C11H11BrO4. The van der Waals surface area contributed by atoms with Crippen molar-refractivity contribution in [2.45, 2.75) is 17.9 Å². The summed E-state index contributed by atoms with van der Waals surface area (Å²) >= 11 is 2.84. The lowest BCUT2D eigenvalue weighted by Crippen LogP contribution is -2.45. The number of carboxylic acid groups (broad SMARTS) is 1. The Bertz CT molecular complexity index is 390. The molecule has 86 valence electrons. The highest BCUT2D eigenvalue weighted by atomic mass is 79.9. The Hall–Kier alpha value is -1.36. The van der Waals surface area contributed by atoms with Gasteiger partial charge in [0.15, 0.2) is 5.78 Å². The van der Waals surface area contributed by atoms with Gasteiger partial charge < -0.3 is 9.84 Å². The smallest absolute Gasteiger partial charge is 0.367 e. The topological polar surface area (TPSA) is 63.6 Å². The maximum Gasteiger partial charge on any atom is 0.367 e. The van der Waals surface area contributed by atoms with E-state index in [0.29, 0.717) is 5.75 Å². The lowest BCUT2D eigenvalue weighted by molar-refractivity contribution is -0.152. The number of carbonyl (C=O) groups is 2. The molecule has 4 nitrogen and oxygen atoms in total. The van der Waals surface area contributed by atoms with Crippen LogP contribution in [0.3, 0.4) is 0 Å². The van der Waals surface area contributed by atoms with E-state index in [4.69, 9.17) is 9.84 Å². The molecule has 1 unspecified atom stereocenters. The molecule has 0 bridgehead atoms. The quantitative estimate of drug-likeness (QED) is 0.666. The maximum absolute atomic E-state index is 11.5. The largest absolute Gasteiger partial charge is 0.477 e. The lowest BCUT2D eigenvalue weighted by atomic mass is 10.2. The number of Topliss-reactive ketones (excluding diaryl/α,β-unsaturated/α-hetero) is 1. The number of rotatable bonds is 5. The molecule has 1 aromatic rings. The number of para-hydroxylation sites is 1. The fourth-order valence-electron chi connectivity index (χ4n) is 1.10. The highest BCUT2D eigenvalue weighted by Gasteiger charge is 2.45. The third kappa shape index (κ3) is 2.61. The van der Waals surface area contributed by atoms with Crippen LogP contribution in [0, 0.1) is 0 Å². The average molecular weight is 287 g/mol. The van der Waals surface area contributed by atoms with E-state index in [2.05, 4.69) is 15.9 Å². The SMILES string of the molecule is CCC(=O)C(Br)(Oc1ccccc1)C(=O)O. The molecule has 1 N–H and O–H groups in total. The summed E-state index contributed by atoms with van der Waals surface area (Å²) < 4.78 is 3.19. The molecule has 1 atom stereocenters. The summed E-state index contributed by atoms with van der Waals surface area (Å²) in [5.41, 5.74) is 0. The van der Waals surface area contributed by atoms with Gasteiger partial charge in [0.1, 0.15) is 5.75 Å². The number of carbonyl (C=O) groups excluding carboxylic acids is 1. The van der Waals surface area contributed by atoms with Gasteiger partial charge in [0.05, 0.1) is 0 Å². The highest BCUT2D eigenvalue weighted by Crippen LogP contribution is 2.26. The molecule has 0 saturated carbocycles. The molecular weight excluding hydrogens is 276 g/mol. The zero-order valence-electron chi connectivity index (χ0n) is 8.64. The van der Waals surface area contributed by atoms with E-state index in [9.17, 15) is 9.59 Å². The molecule has 0 aliphatic rings. The van der Waals surface area contributed by atoms with Crippen molar-refractivity contribution in [2.24, 2.45) is 0 Å². The van der Waals surface area contributed by atoms with Crippen LogP contribution >= 0.6 is 15.9 Å². The molecule has 5 heteroatoms. The second-order valence-electron chi connectivity index (χ2n) is 3.09. The van der Waals surface area contributed by atoms with E-state index in [0.717, 1.165) is 0 Å². The van der Waals surface area contributed by atoms with Crippen LogP contribution < -0.4 is 4.74 Å². The fraction of sp³-hybridized carbons (Fsp3) is 0.273. The minimum atomic E-state index is -2.00. The number of hydrogen-bond acceptors (Lipinski definition) is 3. The fourth-order valence-corrected chi connectivity index (χ4v) is 1.57. The summed E-state index contributed by atoms with van der Waals surface area (Å²) in [7, 11) is 0. The number of aliphatic carboxylic acids is 1. The summed E-state index contributed by atoms with van der Waals surface area (Å²) in [5, 5.41) is 9.00. The molecule has 0 heterocycles. The van der Waals surface area contributed by atoms with E-state index in [-0.39, 0.29) is 6.42 Å². The molecule has 16 heavy (non-hydrogen) atoms. The predicted octanol–water partition coefficient (Wildman–Crippen LogP) is 2.22. The van der Waals surface area contributed by atoms with Crippen LogP contribution in [0.4, 0.5) is 0 Å². The first-order valence-corrected chi connectivity index (χ1v) is 5.49. The van der Waals surface area contributed by atoms with Crippen LogP contribution in [-0.4, -0.2) is 21.4 Å². The standard InChI is InChI=1S/C11H11BrO4/c1-2-9(13)11(12,10(14)15)16-8-6-4-3-5-7-8/h3-7H,2H2,1H3,(H,14,15). The van der Waals surface area contributed by atoms with Crippen molar-refractivity contribution >= 4 is 27.7 Å². The van der Waals surface area contributed by atoms with Crippen LogP contribution in [-0.2, 0) is 9.59 Å². The van der Waals surface area contributed by atoms with Crippen molar-refractivity contribution in [1.82, 2.24) is 0 Å². The Labute approximate surface area is 101 Å². The van der Waals surface area contributed by atoms with Gasteiger partial charge in [-0.1, -0.05) is 25.1 Å². The van der Waals surface area contributed by atoms with Gasteiger partial charge in [0, 0.05) is 6.42 Å². The Morgan fingerprint density at radius 2 is 1.94 bits per heavy atom. The summed E-state index contributed by atoms with van der Waals surface area (Å²) in [4.78, 5) is 22.6. The molecule has 1 rings (SSSR count). The van der Waals surface area contributed by atoms with Gasteiger partial charge in [-0.15, -0.1) is 0 Å². The molecule has 0 amide bonds. The number of halogens is 1. The number of benzene rings is 1. The van der Waals surface area contributed by atoms with Crippen LogP contribution in [0.5, 0.6) is 5.75 Å². The van der Waals surface area contributed by atoms with E-state index in [1.165, 1.54) is 0 Å². The number of alkyl halides is 1. The van der Waals surface area contributed by atoms with Crippen molar-refractivity contribution in [3.05, 3.63) is 30.3 Å². The average Bonchev–Trinajstić information content (AvgIpc) is 2.28. The van der Waals surface area contributed by atoms with Gasteiger partial charge in [-0.25, -0.2) is 4.79 Å². The first-order valence-electron chi connectivity index (χ1n) is 4.70. The van der Waals surface area contributed by atoms with Crippen molar-refractivity contribution in [1.29, 1.82) is 0 Å². The van der Waals surface area contributed by atoms with Gasteiger partial charge in [-0.3, -0.25) is 4.79 Å². The summed E-state index contributed by atoms with van der Waals surface area (Å²) in [5.74, 6) is -1.57. The zero-order chi connectivity index (χ0) is 12.2. The Morgan fingerprint density at radius 1 is 1.38 bits per heavy atom. The monoisotopic (exact) mass is 286 g/mol. The van der Waals surface area contributed by atoms with Crippen LogP contribution in [0.25, 0.3) is 0 Å². The molecule has 0 spiro atoms. The number of ketones is 1. The lowest BCUT2D eigenvalue weighted by Gasteiger charge is -2.22. The first kappa shape index (κ1) is 12.7. The summed E-state index contributed by atoms with van der Waals surface area (Å²) in [6, 6.07) is 8.33. The number of carboxylic acids is 1. The predicted molar refractivity (Wildman–Crippen MR) is 61.7 cm³/mol. The Kier molecular flexibility index (Phi) is 4.06. The zero-order valence-corrected chi connectivity index (χ0v) is 10.2. The minimum absolute atomic E-state index is 0.0738. The second-order valence-corrected chi connectivity index (χ2v) is 4.21. The Balaban J connectivity index is 2.97. The van der Waals surface area contributed by atoms with Gasteiger partial charge in [0.25, 0.3) is 0 Å². The normalized spacial score (nSPS) is 13.9. The van der Waals surface area contributed by atoms with E-state index in [1.54, 1.807) is 37.3 Å². The van der Waals surface area contributed by atoms with Gasteiger partial charge in [-0.05, 0) is 28.1 Å². The van der Waals surface area contributed by atoms with Gasteiger partial charge >= 0.3 is 10.5 Å². The summed E-state index contributed by atoms with van der Waals surface area (Å²) in [6.45, 7) is 1.58. The van der Waals surface area contributed by atoms with Crippen LogP contribution in [0.15, 0.2) is 30.3 Å². The molecule has 0 aliphatic carbocycles. The number of ether oxygens (including phenoxy) is 1.